The molecule has 3 aromatic rings. The first-order valence-corrected chi connectivity index (χ1v) is 9.81. The zero-order valence-corrected chi connectivity index (χ0v) is 16.5. The Labute approximate surface area is 173 Å². The average Bonchev–Trinajstić information content (AvgIpc) is 2.76. The number of carboxylic acid groups (broad SMARTS) is 1. The van der Waals surface area contributed by atoms with Crippen LogP contribution in [0.2, 0.25) is 0 Å². The summed E-state index contributed by atoms with van der Waals surface area (Å²) < 4.78 is 6.08. The van der Waals surface area contributed by atoms with Gasteiger partial charge < -0.3 is 9.84 Å². The first-order chi connectivity index (χ1) is 14.5. The molecule has 0 aromatic heterocycles. The predicted molar refractivity (Wildman–Crippen MR) is 111 cm³/mol. The monoisotopic (exact) mass is 400 g/mol. The summed E-state index contributed by atoms with van der Waals surface area (Å²) in [5.74, 6) is -1.79. The van der Waals surface area contributed by atoms with Gasteiger partial charge in [0.1, 0.15) is 12.4 Å². The molecule has 3 aromatic carbocycles. The lowest BCUT2D eigenvalue weighted by Crippen LogP contribution is -2.25. The van der Waals surface area contributed by atoms with E-state index in [9.17, 15) is 19.5 Å². The van der Waals surface area contributed by atoms with Crippen LogP contribution in [0.3, 0.4) is 0 Å². The summed E-state index contributed by atoms with van der Waals surface area (Å²) in [5, 5.41) is 9.78. The third-order valence-electron chi connectivity index (χ3n) is 5.20. The number of carbonyl (C=O) groups is 3. The second-order valence-corrected chi connectivity index (χ2v) is 7.20. The van der Waals surface area contributed by atoms with E-state index < -0.39 is 11.8 Å². The zero-order valence-electron chi connectivity index (χ0n) is 16.5. The molecule has 150 valence electrons. The number of hydrogen-bond acceptors (Lipinski definition) is 4. The molecule has 4 rings (SSSR count). The highest BCUT2D eigenvalue weighted by molar-refractivity contribution is 6.31. The lowest BCUT2D eigenvalue weighted by atomic mass is 9.79. The molecular weight excluding hydrogens is 380 g/mol. The number of carbonyl (C=O) groups excluding carboxylic acids is 2. The van der Waals surface area contributed by atoms with Crippen LogP contribution in [0.5, 0.6) is 5.75 Å². The van der Waals surface area contributed by atoms with Gasteiger partial charge in [-0.2, -0.15) is 0 Å². The number of rotatable bonds is 6. The fraction of sp³-hybridized carbons (Fsp3) is 0.160. The van der Waals surface area contributed by atoms with E-state index in [-0.39, 0.29) is 40.2 Å². The zero-order chi connectivity index (χ0) is 21.3. The third kappa shape index (κ3) is 3.28. The van der Waals surface area contributed by atoms with Crippen LogP contribution in [0.15, 0.2) is 60.7 Å². The molecule has 0 heterocycles. The van der Waals surface area contributed by atoms with Gasteiger partial charge in [-0.25, -0.2) is 4.79 Å². The highest BCUT2D eigenvalue weighted by Gasteiger charge is 2.37. The largest absolute Gasteiger partial charge is 0.488 e. The van der Waals surface area contributed by atoms with Crippen molar-refractivity contribution >= 4 is 17.5 Å². The van der Waals surface area contributed by atoms with Crippen LogP contribution < -0.4 is 4.74 Å². The van der Waals surface area contributed by atoms with Gasteiger partial charge in [-0.15, -0.1) is 0 Å². The lowest BCUT2D eigenvalue weighted by molar-refractivity contribution is 0.0692. The molecule has 1 aliphatic carbocycles. The van der Waals surface area contributed by atoms with Crippen LogP contribution in [0.4, 0.5) is 0 Å². The summed E-state index contributed by atoms with van der Waals surface area (Å²) in [5.41, 5.74) is 1.82. The quantitative estimate of drug-likeness (QED) is 0.508. The Bertz CT molecular complexity index is 1160. The maximum Gasteiger partial charge on any atom is 0.336 e. The molecule has 0 fully saturated rings. The number of hydrogen-bond donors (Lipinski definition) is 1. The van der Waals surface area contributed by atoms with Crippen molar-refractivity contribution in [1.82, 2.24) is 0 Å². The standard InChI is InChI=1S/C25H20O5/c1-2-8-16-13-19(25(28)29)20-21(24(16)30-14-15-9-4-3-5-10-15)23(27)18-12-7-6-11-17(18)22(20)26/h3-7,9-13H,2,8,14H2,1H3,(H,28,29). The van der Waals surface area contributed by atoms with Crippen LogP contribution >= 0.6 is 0 Å². The smallest absolute Gasteiger partial charge is 0.336 e. The Morgan fingerprint density at radius 3 is 2.10 bits per heavy atom. The normalized spacial score (nSPS) is 12.3. The summed E-state index contributed by atoms with van der Waals surface area (Å²) in [6, 6.07) is 17.4. The Kier molecular flexibility index (Phi) is 5.19. The number of aromatic carboxylic acids is 1. The summed E-state index contributed by atoms with van der Waals surface area (Å²) >= 11 is 0. The van der Waals surface area contributed by atoms with Gasteiger partial charge in [-0.1, -0.05) is 67.9 Å². The Morgan fingerprint density at radius 1 is 0.900 bits per heavy atom. The Hall–Kier alpha value is -3.73. The highest BCUT2D eigenvalue weighted by Crippen LogP contribution is 2.39. The molecule has 5 heteroatoms. The summed E-state index contributed by atoms with van der Waals surface area (Å²) in [6.07, 6.45) is 1.26. The topological polar surface area (TPSA) is 80.7 Å². The SMILES string of the molecule is CCCc1cc(C(=O)O)c2c(c1OCc1ccccc1)C(=O)c1ccccc1C2=O. The first kappa shape index (κ1) is 19.6. The summed E-state index contributed by atoms with van der Waals surface area (Å²) in [7, 11) is 0. The molecule has 0 radical (unpaired) electrons. The van der Waals surface area contributed by atoms with Crippen molar-refractivity contribution in [3.8, 4) is 5.75 Å². The van der Waals surface area contributed by atoms with Gasteiger partial charge in [0.15, 0.2) is 11.6 Å². The molecule has 0 saturated heterocycles. The minimum atomic E-state index is -1.24. The molecule has 0 bridgehead atoms. The molecule has 1 aliphatic rings. The van der Waals surface area contributed by atoms with Crippen molar-refractivity contribution in [3.05, 3.63) is 99.6 Å². The number of carboxylic acids is 1. The summed E-state index contributed by atoms with van der Waals surface area (Å²) in [6.45, 7) is 2.17. The molecule has 0 amide bonds. The van der Waals surface area contributed by atoms with E-state index in [0.717, 1.165) is 12.0 Å². The molecule has 0 saturated carbocycles. The van der Waals surface area contributed by atoms with Crippen molar-refractivity contribution in [3.63, 3.8) is 0 Å². The van der Waals surface area contributed by atoms with E-state index in [2.05, 4.69) is 0 Å². The van der Waals surface area contributed by atoms with Crippen molar-refractivity contribution in [2.75, 3.05) is 0 Å². The number of benzene rings is 3. The number of ether oxygens (including phenoxy) is 1. The van der Waals surface area contributed by atoms with Gasteiger partial charge in [-0.3, -0.25) is 9.59 Å². The molecule has 5 nitrogen and oxygen atoms in total. The number of aryl methyl sites for hydroxylation is 1. The van der Waals surface area contributed by atoms with Gasteiger partial charge >= 0.3 is 5.97 Å². The van der Waals surface area contributed by atoms with Crippen LogP contribution in [0.25, 0.3) is 0 Å². The number of ketones is 2. The van der Waals surface area contributed by atoms with Gasteiger partial charge in [0.2, 0.25) is 0 Å². The van der Waals surface area contributed by atoms with Gasteiger partial charge in [0.05, 0.1) is 16.7 Å². The van der Waals surface area contributed by atoms with Crippen LogP contribution in [0, 0.1) is 0 Å². The van der Waals surface area contributed by atoms with Crippen LogP contribution in [0.1, 0.15) is 66.7 Å². The van der Waals surface area contributed by atoms with Crippen molar-refractivity contribution < 1.29 is 24.2 Å². The van der Waals surface area contributed by atoms with E-state index in [0.29, 0.717) is 17.7 Å². The fourth-order valence-electron chi connectivity index (χ4n) is 3.84. The Balaban J connectivity index is 1.94. The molecule has 0 aliphatic heterocycles. The summed E-state index contributed by atoms with van der Waals surface area (Å²) in [4.78, 5) is 38.6. The molecule has 30 heavy (non-hydrogen) atoms. The average molecular weight is 400 g/mol. The number of fused-ring (bicyclic) bond motifs is 2. The van der Waals surface area contributed by atoms with Crippen molar-refractivity contribution in [2.45, 2.75) is 26.4 Å². The van der Waals surface area contributed by atoms with Crippen LogP contribution in [-0.2, 0) is 13.0 Å². The minimum absolute atomic E-state index is 0.0537. The van der Waals surface area contributed by atoms with Gasteiger partial charge in [0, 0.05) is 11.1 Å². The molecule has 0 spiro atoms. The maximum absolute atomic E-state index is 13.4. The molecule has 1 N–H and O–H groups in total. The predicted octanol–water partition coefficient (Wildman–Crippen LogP) is 4.69. The van der Waals surface area contributed by atoms with E-state index in [1.165, 1.54) is 6.07 Å². The van der Waals surface area contributed by atoms with Gasteiger partial charge in [0.25, 0.3) is 0 Å². The van der Waals surface area contributed by atoms with E-state index in [1.807, 2.05) is 37.3 Å². The molecular formula is C25H20O5. The van der Waals surface area contributed by atoms with E-state index >= 15 is 0 Å². The van der Waals surface area contributed by atoms with Gasteiger partial charge in [-0.05, 0) is 23.6 Å². The Morgan fingerprint density at radius 2 is 1.50 bits per heavy atom. The second kappa shape index (κ2) is 7.95. The van der Waals surface area contributed by atoms with Crippen LogP contribution in [-0.4, -0.2) is 22.6 Å². The minimum Gasteiger partial charge on any atom is -0.488 e. The fourth-order valence-corrected chi connectivity index (χ4v) is 3.84. The molecule has 0 atom stereocenters. The highest BCUT2D eigenvalue weighted by atomic mass is 16.5. The van der Waals surface area contributed by atoms with Crippen molar-refractivity contribution in [2.24, 2.45) is 0 Å². The van der Waals surface area contributed by atoms with Crippen molar-refractivity contribution in [1.29, 1.82) is 0 Å². The maximum atomic E-state index is 13.4. The lowest BCUT2D eigenvalue weighted by Gasteiger charge is -2.24. The first-order valence-electron chi connectivity index (χ1n) is 9.81. The molecule has 0 unspecified atom stereocenters. The third-order valence-corrected chi connectivity index (χ3v) is 5.20. The van der Waals surface area contributed by atoms with E-state index in [4.69, 9.17) is 4.74 Å². The second-order valence-electron chi connectivity index (χ2n) is 7.20. The van der Waals surface area contributed by atoms with E-state index in [1.54, 1.807) is 24.3 Å².